The van der Waals surface area contributed by atoms with Crippen LogP contribution in [-0.2, 0) is 9.53 Å². The second-order valence-electron chi connectivity index (χ2n) is 9.44. The Bertz CT molecular complexity index is 1090. The van der Waals surface area contributed by atoms with Gasteiger partial charge in [-0.25, -0.2) is 0 Å². The number of rotatable bonds is 4. The molecule has 0 radical (unpaired) electrons. The van der Waals surface area contributed by atoms with E-state index in [1.54, 1.807) is 0 Å². The number of hydrogen-bond acceptors (Lipinski definition) is 3. The van der Waals surface area contributed by atoms with Crippen molar-refractivity contribution in [3.05, 3.63) is 65.9 Å². The number of hydrogen-bond donors (Lipinski definition) is 0. The molecule has 166 valence electrons. The molecular formula is C28H32N2O2. The Labute approximate surface area is 190 Å². The highest BCUT2D eigenvalue weighted by atomic mass is 16.5. The summed E-state index contributed by atoms with van der Waals surface area (Å²) in [6, 6.07) is 17.6. The van der Waals surface area contributed by atoms with Crippen molar-refractivity contribution >= 4 is 16.8 Å². The van der Waals surface area contributed by atoms with Gasteiger partial charge in [0.1, 0.15) is 6.10 Å². The Hall–Kier alpha value is -2.72. The van der Waals surface area contributed by atoms with E-state index < -0.39 is 0 Å². The topological polar surface area (TPSA) is 42.4 Å². The highest BCUT2D eigenvalue weighted by molar-refractivity contribution is 5.86. The summed E-state index contributed by atoms with van der Waals surface area (Å²) in [5, 5.41) is 1.18. The van der Waals surface area contributed by atoms with E-state index in [0.29, 0.717) is 11.8 Å². The molecule has 2 saturated heterocycles. The van der Waals surface area contributed by atoms with Crippen molar-refractivity contribution in [1.82, 2.24) is 9.88 Å². The first kappa shape index (κ1) is 21.1. The average molecular weight is 429 g/mol. The van der Waals surface area contributed by atoms with Gasteiger partial charge in [0.15, 0.2) is 0 Å². The molecule has 0 N–H and O–H groups in total. The molecule has 2 fully saturated rings. The van der Waals surface area contributed by atoms with Gasteiger partial charge < -0.3 is 9.64 Å². The molecule has 3 heterocycles. The molecule has 32 heavy (non-hydrogen) atoms. The number of amides is 1. The first-order valence-corrected chi connectivity index (χ1v) is 12.0. The Kier molecular flexibility index (Phi) is 5.97. The lowest BCUT2D eigenvalue weighted by Gasteiger charge is -2.36. The van der Waals surface area contributed by atoms with Crippen molar-refractivity contribution in [1.29, 1.82) is 0 Å². The van der Waals surface area contributed by atoms with Crippen LogP contribution in [0.2, 0.25) is 0 Å². The van der Waals surface area contributed by atoms with E-state index in [-0.39, 0.29) is 12.0 Å². The van der Waals surface area contributed by atoms with Crippen molar-refractivity contribution in [3.8, 4) is 11.1 Å². The minimum absolute atomic E-state index is 0.190. The molecule has 1 amide bonds. The van der Waals surface area contributed by atoms with Crippen LogP contribution < -0.4 is 0 Å². The second-order valence-corrected chi connectivity index (χ2v) is 9.44. The Morgan fingerprint density at radius 1 is 1.09 bits per heavy atom. The number of likely N-dealkylation sites (tertiary alicyclic amines) is 1. The molecule has 5 rings (SSSR count). The molecule has 1 aromatic heterocycles. The van der Waals surface area contributed by atoms with Gasteiger partial charge in [-0.1, -0.05) is 37.3 Å². The van der Waals surface area contributed by atoms with Gasteiger partial charge in [-0.05, 0) is 84.9 Å². The first-order chi connectivity index (χ1) is 15.6. The predicted molar refractivity (Wildman–Crippen MR) is 129 cm³/mol. The lowest BCUT2D eigenvalue weighted by atomic mass is 9.81. The molecule has 2 atom stereocenters. The number of aromatic nitrogens is 1. The number of fused-ring (bicyclic) bond motifs is 1. The van der Waals surface area contributed by atoms with E-state index in [9.17, 15) is 4.79 Å². The zero-order valence-electron chi connectivity index (χ0n) is 19.1. The number of pyridine rings is 1. The Balaban J connectivity index is 1.25. The highest BCUT2D eigenvalue weighted by Crippen LogP contribution is 2.35. The largest absolute Gasteiger partial charge is 0.368 e. The molecule has 0 aliphatic carbocycles. The van der Waals surface area contributed by atoms with Crippen LogP contribution in [0.3, 0.4) is 0 Å². The van der Waals surface area contributed by atoms with Gasteiger partial charge in [0.05, 0.1) is 5.52 Å². The number of benzene rings is 2. The number of carbonyl (C=O) groups is 1. The SMILES string of the molecule is Cc1cc2cccnc2cc1-c1ccc([C@H](C)C2CCN(C(=O)[C@H]3CCCO3)CC2)cc1. The van der Waals surface area contributed by atoms with Crippen molar-refractivity contribution < 1.29 is 9.53 Å². The summed E-state index contributed by atoms with van der Waals surface area (Å²) in [7, 11) is 0. The van der Waals surface area contributed by atoms with E-state index in [1.165, 1.54) is 27.6 Å². The number of piperidine rings is 1. The molecule has 2 aliphatic heterocycles. The molecule has 0 unspecified atom stereocenters. The normalized spacial score (nSPS) is 20.6. The third-order valence-electron chi connectivity index (χ3n) is 7.46. The summed E-state index contributed by atoms with van der Waals surface area (Å²) >= 11 is 0. The summed E-state index contributed by atoms with van der Waals surface area (Å²) in [5.41, 5.74) is 6.18. The van der Waals surface area contributed by atoms with Crippen LogP contribution in [0.25, 0.3) is 22.0 Å². The van der Waals surface area contributed by atoms with Crippen LogP contribution in [0.1, 0.15) is 49.7 Å². The molecule has 2 aromatic carbocycles. The van der Waals surface area contributed by atoms with Gasteiger partial charge in [0.2, 0.25) is 0 Å². The van der Waals surface area contributed by atoms with Crippen molar-refractivity contribution in [3.63, 3.8) is 0 Å². The van der Waals surface area contributed by atoms with Crippen LogP contribution in [0.15, 0.2) is 54.7 Å². The molecule has 3 aromatic rings. The number of ether oxygens (including phenoxy) is 1. The number of carbonyl (C=O) groups excluding carboxylic acids is 1. The minimum atomic E-state index is -0.190. The monoisotopic (exact) mass is 428 g/mol. The molecule has 0 bridgehead atoms. The summed E-state index contributed by atoms with van der Waals surface area (Å²) in [6.45, 7) is 6.95. The smallest absolute Gasteiger partial charge is 0.251 e. The number of aryl methyl sites for hydroxylation is 1. The lowest BCUT2D eigenvalue weighted by molar-refractivity contribution is -0.142. The van der Waals surface area contributed by atoms with Crippen LogP contribution in [-0.4, -0.2) is 41.6 Å². The second kappa shape index (κ2) is 9.03. The van der Waals surface area contributed by atoms with Crippen LogP contribution in [0.4, 0.5) is 0 Å². The Morgan fingerprint density at radius 3 is 2.59 bits per heavy atom. The zero-order chi connectivity index (χ0) is 22.1. The molecule has 0 spiro atoms. The van der Waals surface area contributed by atoms with Crippen LogP contribution >= 0.6 is 0 Å². The summed E-state index contributed by atoms with van der Waals surface area (Å²) < 4.78 is 5.60. The van der Waals surface area contributed by atoms with Crippen molar-refractivity contribution in [2.45, 2.75) is 51.6 Å². The predicted octanol–water partition coefficient (Wildman–Crippen LogP) is 5.73. The van der Waals surface area contributed by atoms with Gasteiger partial charge >= 0.3 is 0 Å². The quantitative estimate of drug-likeness (QED) is 0.533. The summed E-state index contributed by atoms with van der Waals surface area (Å²) in [5.74, 6) is 1.31. The third kappa shape index (κ3) is 4.16. The molecule has 0 saturated carbocycles. The van der Waals surface area contributed by atoms with Gasteiger partial charge in [-0.15, -0.1) is 0 Å². The van der Waals surface area contributed by atoms with Crippen LogP contribution in [0.5, 0.6) is 0 Å². The van der Waals surface area contributed by atoms with E-state index in [2.05, 4.69) is 61.3 Å². The van der Waals surface area contributed by atoms with E-state index in [4.69, 9.17) is 4.74 Å². The average Bonchev–Trinajstić information content (AvgIpc) is 3.38. The zero-order valence-corrected chi connectivity index (χ0v) is 19.1. The van der Waals surface area contributed by atoms with Gasteiger partial charge in [-0.3, -0.25) is 9.78 Å². The van der Waals surface area contributed by atoms with E-state index in [1.807, 2.05) is 17.2 Å². The molecule has 4 heteroatoms. The summed E-state index contributed by atoms with van der Waals surface area (Å²) in [4.78, 5) is 19.2. The standard InChI is InChI=1S/C28H32N2O2/c1-19-17-24-5-3-13-29-26(24)18-25(19)23-9-7-21(8-10-23)20(2)22-11-14-30(15-12-22)28(31)27-6-4-16-32-27/h3,5,7-10,13,17-18,20,22,27H,4,6,11-12,14-16H2,1-2H3/t20-,27+/m0/s1. The van der Waals surface area contributed by atoms with Gasteiger partial charge in [0, 0.05) is 31.3 Å². The maximum absolute atomic E-state index is 12.6. The number of nitrogens with zero attached hydrogens (tertiary/aromatic N) is 2. The molecular weight excluding hydrogens is 396 g/mol. The minimum Gasteiger partial charge on any atom is -0.368 e. The first-order valence-electron chi connectivity index (χ1n) is 12.0. The fourth-order valence-corrected chi connectivity index (χ4v) is 5.38. The van der Waals surface area contributed by atoms with Crippen LogP contribution in [0, 0.1) is 12.8 Å². The van der Waals surface area contributed by atoms with Crippen molar-refractivity contribution in [2.24, 2.45) is 5.92 Å². The fourth-order valence-electron chi connectivity index (χ4n) is 5.38. The highest BCUT2D eigenvalue weighted by Gasteiger charge is 2.32. The maximum atomic E-state index is 12.6. The fraction of sp³-hybridized carbons (Fsp3) is 0.429. The summed E-state index contributed by atoms with van der Waals surface area (Å²) in [6.07, 6.45) is 5.69. The molecule has 4 nitrogen and oxygen atoms in total. The maximum Gasteiger partial charge on any atom is 0.251 e. The van der Waals surface area contributed by atoms with E-state index in [0.717, 1.165) is 50.9 Å². The molecule has 2 aliphatic rings. The van der Waals surface area contributed by atoms with Gasteiger partial charge in [-0.2, -0.15) is 0 Å². The Morgan fingerprint density at radius 2 is 1.88 bits per heavy atom. The third-order valence-corrected chi connectivity index (χ3v) is 7.46. The lowest BCUT2D eigenvalue weighted by Crippen LogP contribution is -2.44. The van der Waals surface area contributed by atoms with Gasteiger partial charge in [0.25, 0.3) is 5.91 Å². The van der Waals surface area contributed by atoms with E-state index >= 15 is 0 Å². The van der Waals surface area contributed by atoms with Crippen molar-refractivity contribution in [2.75, 3.05) is 19.7 Å².